The number of hydrogen-bond acceptors (Lipinski definition) is 3. The first-order valence-electron chi connectivity index (χ1n) is 5.87. The van der Waals surface area contributed by atoms with Gasteiger partial charge in [-0.3, -0.25) is 0 Å². The van der Waals surface area contributed by atoms with Crippen LogP contribution in [0.3, 0.4) is 0 Å². The van der Waals surface area contributed by atoms with Crippen molar-refractivity contribution in [3.63, 3.8) is 0 Å². The minimum absolute atomic E-state index is 0.405. The summed E-state index contributed by atoms with van der Waals surface area (Å²) in [6.45, 7) is 0.405. The van der Waals surface area contributed by atoms with Gasteiger partial charge in [-0.1, -0.05) is 41.6 Å². The van der Waals surface area contributed by atoms with Gasteiger partial charge in [-0.25, -0.2) is 0 Å². The average Bonchev–Trinajstić information content (AvgIpc) is 2.86. The lowest BCUT2D eigenvalue weighted by Gasteiger charge is -2.03. The molecule has 0 atom stereocenters. The Morgan fingerprint density at radius 3 is 2.84 bits per heavy atom. The van der Waals surface area contributed by atoms with Crippen LogP contribution in [0.25, 0.3) is 0 Å². The third-order valence-electron chi connectivity index (χ3n) is 2.52. The van der Waals surface area contributed by atoms with Gasteiger partial charge in [-0.2, -0.15) is 11.8 Å². The standard InChI is InChI=1S/C15H14ClNS2/c16-14-6-2-1-4-13(14)10-18-11-15-12(5-3-8-17)7-9-19-15/h1-2,4,6-7,9H,8,10-11,17H2. The molecule has 1 aromatic heterocycles. The van der Waals surface area contributed by atoms with Gasteiger partial charge >= 0.3 is 0 Å². The van der Waals surface area contributed by atoms with Crippen molar-refractivity contribution < 1.29 is 0 Å². The summed E-state index contributed by atoms with van der Waals surface area (Å²) in [4.78, 5) is 1.30. The number of thioether (sulfide) groups is 1. The Morgan fingerprint density at radius 2 is 2.05 bits per heavy atom. The predicted molar refractivity (Wildman–Crippen MR) is 86.7 cm³/mol. The fourth-order valence-corrected chi connectivity index (χ4v) is 3.91. The molecule has 2 rings (SSSR count). The topological polar surface area (TPSA) is 26.0 Å². The van der Waals surface area contributed by atoms with E-state index in [-0.39, 0.29) is 0 Å². The highest BCUT2D eigenvalue weighted by molar-refractivity contribution is 7.97. The summed E-state index contributed by atoms with van der Waals surface area (Å²) in [5, 5.41) is 2.91. The molecule has 0 bridgehead atoms. The number of thiophene rings is 1. The summed E-state index contributed by atoms with van der Waals surface area (Å²) in [5.41, 5.74) is 7.68. The van der Waals surface area contributed by atoms with Gasteiger partial charge in [0.05, 0.1) is 6.54 Å². The SMILES string of the molecule is NCC#Cc1ccsc1CSCc1ccccc1Cl. The molecule has 2 aromatic rings. The third-order valence-corrected chi connectivity index (χ3v) is 5.00. The second-order valence-corrected chi connectivity index (χ2v) is 6.24. The molecule has 0 fully saturated rings. The van der Waals surface area contributed by atoms with E-state index in [4.69, 9.17) is 17.3 Å². The molecule has 19 heavy (non-hydrogen) atoms. The Balaban J connectivity index is 1.93. The lowest BCUT2D eigenvalue weighted by atomic mass is 10.2. The molecule has 0 unspecified atom stereocenters. The van der Waals surface area contributed by atoms with Gasteiger partial charge in [0.15, 0.2) is 0 Å². The molecule has 0 saturated heterocycles. The molecule has 0 aliphatic rings. The number of nitrogens with two attached hydrogens (primary N) is 1. The molecule has 1 aromatic carbocycles. The van der Waals surface area contributed by atoms with Crippen LogP contribution >= 0.6 is 34.7 Å². The minimum atomic E-state index is 0.405. The molecule has 0 amide bonds. The number of halogens is 1. The number of benzene rings is 1. The summed E-state index contributed by atoms with van der Waals surface area (Å²) in [7, 11) is 0. The first-order valence-corrected chi connectivity index (χ1v) is 8.29. The maximum atomic E-state index is 6.14. The molecular formula is C15H14ClNS2. The van der Waals surface area contributed by atoms with E-state index in [1.807, 2.05) is 30.0 Å². The lowest BCUT2D eigenvalue weighted by Crippen LogP contribution is -1.93. The van der Waals surface area contributed by atoms with Crippen molar-refractivity contribution in [2.24, 2.45) is 5.73 Å². The first kappa shape index (κ1) is 14.5. The molecule has 0 spiro atoms. The molecule has 0 aliphatic heterocycles. The maximum Gasteiger partial charge on any atom is 0.0555 e. The van der Waals surface area contributed by atoms with Crippen LogP contribution in [0.15, 0.2) is 35.7 Å². The molecule has 2 N–H and O–H groups in total. The van der Waals surface area contributed by atoms with Gasteiger partial charge in [-0.05, 0) is 23.1 Å². The molecule has 98 valence electrons. The summed E-state index contributed by atoms with van der Waals surface area (Å²) >= 11 is 9.73. The Bertz CT molecular complexity index is 595. The van der Waals surface area contributed by atoms with E-state index >= 15 is 0 Å². The Labute approximate surface area is 127 Å². The molecule has 0 saturated carbocycles. The van der Waals surface area contributed by atoms with Gasteiger partial charge < -0.3 is 5.73 Å². The first-order chi connectivity index (χ1) is 9.31. The minimum Gasteiger partial charge on any atom is -0.320 e. The Hall–Kier alpha value is -0.920. The van der Waals surface area contributed by atoms with Gasteiger partial charge in [0.25, 0.3) is 0 Å². The third kappa shape index (κ3) is 4.29. The maximum absolute atomic E-state index is 6.14. The normalized spacial score (nSPS) is 10.0. The van der Waals surface area contributed by atoms with Crippen molar-refractivity contribution in [2.75, 3.05) is 6.54 Å². The van der Waals surface area contributed by atoms with Crippen LogP contribution in [0.1, 0.15) is 16.0 Å². The molecule has 1 heterocycles. The largest absolute Gasteiger partial charge is 0.320 e. The highest BCUT2D eigenvalue weighted by Gasteiger charge is 2.04. The van der Waals surface area contributed by atoms with Crippen LogP contribution in [-0.2, 0) is 11.5 Å². The zero-order valence-electron chi connectivity index (χ0n) is 10.4. The second-order valence-electron chi connectivity index (χ2n) is 3.85. The molecule has 0 radical (unpaired) electrons. The zero-order chi connectivity index (χ0) is 13.5. The van der Waals surface area contributed by atoms with Gasteiger partial charge in [0.1, 0.15) is 0 Å². The highest BCUT2D eigenvalue weighted by Crippen LogP contribution is 2.26. The highest BCUT2D eigenvalue weighted by atomic mass is 35.5. The molecular weight excluding hydrogens is 294 g/mol. The van der Waals surface area contributed by atoms with E-state index in [0.29, 0.717) is 6.54 Å². The van der Waals surface area contributed by atoms with E-state index in [2.05, 4.69) is 29.4 Å². The predicted octanol–water partition coefficient (Wildman–Crippen LogP) is 4.15. The summed E-state index contributed by atoms with van der Waals surface area (Å²) in [6.07, 6.45) is 0. The number of hydrogen-bond donors (Lipinski definition) is 1. The van der Waals surface area contributed by atoms with Crippen molar-refractivity contribution in [3.05, 3.63) is 56.7 Å². The summed E-state index contributed by atoms with van der Waals surface area (Å²) in [6, 6.07) is 10.0. The van der Waals surface area contributed by atoms with Gasteiger partial charge in [-0.15, -0.1) is 11.3 Å². The Kier molecular flexibility index (Phi) is 5.81. The van der Waals surface area contributed by atoms with E-state index in [1.165, 1.54) is 10.4 Å². The molecule has 1 nitrogen and oxygen atoms in total. The van der Waals surface area contributed by atoms with Crippen molar-refractivity contribution in [3.8, 4) is 11.8 Å². The van der Waals surface area contributed by atoms with Crippen LogP contribution in [0.4, 0.5) is 0 Å². The quantitative estimate of drug-likeness (QED) is 0.859. The Morgan fingerprint density at radius 1 is 1.21 bits per heavy atom. The van der Waals surface area contributed by atoms with Crippen LogP contribution < -0.4 is 5.73 Å². The van der Waals surface area contributed by atoms with Crippen LogP contribution in [0.2, 0.25) is 5.02 Å². The average molecular weight is 308 g/mol. The fourth-order valence-electron chi connectivity index (χ4n) is 1.58. The van der Waals surface area contributed by atoms with E-state index in [0.717, 1.165) is 22.1 Å². The van der Waals surface area contributed by atoms with Gasteiger partial charge in [0, 0.05) is 27.0 Å². The van der Waals surface area contributed by atoms with Crippen LogP contribution in [-0.4, -0.2) is 6.54 Å². The van der Waals surface area contributed by atoms with Crippen LogP contribution in [0.5, 0.6) is 0 Å². The lowest BCUT2D eigenvalue weighted by molar-refractivity contribution is 1.30. The van der Waals surface area contributed by atoms with E-state index in [9.17, 15) is 0 Å². The molecule has 4 heteroatoms. The smallest absolute Gasteiger partial charge is 0.0555 e. The van der Waals surface area contributed by atoms with E-state index in [1.54, 1.807) is 11.3 Å². The van der Waals surface area contributed by atoms with Crippen LogP contribution in [0, 0.1) is 11.8 Å². The van der Waals surface area contributed by atoms with E-state index < -0.39 is 0 Å². The second kappa shape index (κ2) is 7.62. The fraction of sp³-hybridized carbons (Fsp3) is 0.200. The van der Waals surface area contributed by atoms with Crippen molar-refractivity contribution in [1.82, 2.24) is 0 Å². The van der Waals surface area contributed by atoms with Crippen molar-refractivity contribution in [1.29, 1.82) is 0 Å². The molecule has 0 aliphatic carbocycles. The zero-order valence-corrected chi connectivity index (χ0v) is 12.7. The summed E-state index contributed by atoms with van der Waals surface area (Å²) < 4.78 is 0. The monoisotopic (exact) mass is 307 g/mol. The number of rotatable bonds is 4. The summed E-state index contributed by atoms with van der Waals surface area (Å²) in [5.74, 6) is 7.89. The van der Waals surface area contributed by atoms with Crippen molar-refractivity contribution in [2.45, 2.75) is 11.5 Å². The van der Waals surface area contributed by atoms with Gasteiger partial charge in [0.2, 0.25) is 0 Å². The van der Waals surface area contributed by atoms with Crippen molar-refractivity contribution >= 4 is 34.7 Å².